The molecule has 2 aliphatic rings. The van der Waals surface area contributed by atoms with Crippen molar-refractivity contribution in [3.63, 3.8) is 0 Å². The average Bonchev–Trinajstić information content (AvgIpc) is 2.68. The largest absolute Gasteiger partial charge is 0.355 e. The van der Waals surface area contributed by atoms with E-state index in [1.165, 1.54) is 38.6 Å². The van der Waals surface area contributed by atoms with Crippen molar-refractivity contribution in [1.82, 2.24) is 10.2 Å². The molecular weight excluding hydrogens is 176 g/mol. The molecule has 1 atom stereocenters. The predicted molar refractivity (Wildman–Crippen MR) is 56.1 cm³/mol. The van der Waals surface area contributed by atoms with Crippen LogP contribution in [-0.4, -0.2) is 36.5 Å². The zero-order valence-corrected chi connectivity index (χ0v) is 8.74. The monoisotopic (exact) mass is 196 g/mol. The molecule has 2 fully saturated rings. The normalized spacial score (nSPS) is 30.4. The molecule has 0 aromatic heterocycles. The molecule has 1 heterocycles. The molecular formula is C11H20N2O. The van der Waals surface area contributed by atoms with E-state index >= 15 is 0 Å². The molecule has 3 nitrogen and oxygen atoms in total. The summed E-state index contributed by atoms with van der Waals surface area (Å²) in [5, 5.41) is 2.89. The highest BCUT2D eigenvalue weighted by Gasteiger charge is 2.28. The predicted octanol–water partition coefficient (Wildman–Crippen LogP) is 1.14. The van der Waals surface area contributed by atoms with Crippen LogP contribution in [0.2, 0.25) is 0 Å². The van der Waals surface area contributed by atoms with Gasteiger partial charge in [0.1, 0.15) is 0 Å². The molecule has 0 aromatic carbocycles. The van der Waals surface area contributed by atoms with E-state index in [-0.39, 0.29) is 0 Å². The van der Waals surface area contributed by atoms with Gasteiger partial charge in [0.15, 0.2) is 0 Å². The van der Waals surface area contributed by atoms with E-state index in [1.807, 2.05) is 0 Å². The van der Waals surface area contributed by atoms with Gasteiger partial charge in [-0.1, -0.05) is 19.3 Å². The van der Waals surface area contributed by atoms with Crippen molar-refractivity contribution < 1.29 is 4.79 Å². The summed E-state index contributed by atoms with van der Waals surface area (Å²) in [5.74, 6) is 0. The lowest BCUT2D eigenvalue weighted by Gasteiger charge is -2.30. The van der Waals surface area contributed by atoms with Crippen LogP contribution in [0.1, 0.15) is 38.5 Å². The van der Waals surface area contributed by atoms with Crippen molar-refractivity contribution in [2.24, 2.45) is 0 Å². The van der Waals surface area contributed by atoms with Gasteiger partial charge in [0.2, 0.25) is 6.41 Å². The van der Waals surface area contributed by atoms with Gasteiger partial charge in [-0.3, -0.25) is 9.69 Å². The molecule has 80 valence electrons. The van der Waals surface area contributed by atoms with Crippen molar-refractivity contribution in [2.75, 3.05) is 13.1 Å². The standard InChI is InChI=1S/C11H20N2O/c14-9-12-10-6-7-13(8-10)11-4-2-1-3-5-11/h9-11H,1-8H2,(H,12,14). The molecule has 1 aliphatic heterocycles. The van der Waals surface area contributed by atoms with Gasteiger partial charge in [0.25, 0.3) is 0 Å². The first-order chi connectivity index (χ1) is 6.90. The molecule has 1 amide bonds. The summed E-state index contributed by atoms with van der Waals surface area (Å²) in [4.78, 5) is 12.9. The number of nitrogens with one attached hydrogen (secondary N) is 1. The maximum Gasteiger partial charge on any atom is 0.207 e. The molecule has 1 aliphatic carbocycles. The Morgan fingerprint density at radius 1 is 1.14 bits per heavy atom. The number of carbonyl (C=O) groups excluding carboxylic acids is 1. The van der Waals surface area contributed by atoms with Gasteiger partial charge >= 0.3 is 0 Å². The van der Waals surface area contributed by atoms with Gasteiger partial charge in [-0.05, 0) is 19.3 Å². The number of carbonyl (C=O) groups is 1. The van der Waals surface area contributed by atoms with Crippen molar-refractivity contribution in [3.8, 4) is 0 Å². The molecule has 2 rings (SSSR count). The van der Waals surface area contributed by atoms with Crippen LogP contribution in [0.5, 0.6) is 0 Å². The van der Waals surface area contributed by atoms with Crippen molar-refractivity contribution in [1.29, 1.82) is 0 Å². The highest BCUT2D eigenvalue weighted by atomic mass is 16.1. The lowest BCUT2D eigenvalue weighted by atomic mass is 9.94. The number of amides is 1. The van der Waals surface area contributed by atoms with E-state index < -0.39 is 0 Å². The fourth-order valence-electron chi connectivity index (χ4n) is 2.80. The first-order valence-corrected chi connectivity index (χ1v) is 5.84. The minimum Gasteiger partial charge on any atom is -0.355 e. The zero-order chi connectivity index (χ0) is 9.80. The van der Waals surface area contributed by atoms with Crippen LogP contribution < -0.4 is 5.32 Å². The Morgan fingerprint density at radius 3 is 2.64 bits per heavy atom. The number of nitrogens with zero attached hydrogens (tertiary/aromatic N) is 1. The molecule has 1 N–H and O–H groups in total. The summed E-state index contributed by atoms with van der Waals surface area (Å²) in [6.07, 6.45) is 8.92. The Hall–Kier alpha value is -0.570. The highest BCUT2D eigenvalue weighted by Crippen LogP contribution is 2.25. The topological polar surface area (TPSA) is 32.3 Å². The Labute approximate surface area is 85.8 Å². The molecule has 0 spiro atoms. The first kappa shape index (κ1) is 9.97. The van der Waals surface area contributed by atoms with E-state index in [2.05, 4.69) is 10.2 Å². The smallest absolute Gasteiger partial charge is 0.207 e. The third kappa shape index (κ3) is 2.27. The lowest BCUT2D eigenvalue weighted by molar-refractivity contribution is -0.110. The van der Waals surface area contributed by atoms with Gasteiger partial charge in [-0.15, -0.1) is 0 Å². The lowest BCUT2D eigenvalue weighted by Crippen LogP contribution is -2.38. The second-order valence-corrected chi connectivity index (χ2v) is 4.56. The molecule has 1 unspecified atom stereocenters. The average molecular weight is 196 g/mol. The van der Waals surface area contributed by atoms with Crippen LogP contribution in [0.15, 0.2) is 0 Å². The molecule has 3 heteroatoms. The summed E-state index contributed by atoms with van der Waals surface area (Å²) >= 11 is 0. The molecule has 0 bridgehead atoms. The molecule has 1 saturated carbocycles. The van der Waals surface area contributed by atoms with Gasteiger partial charge in [0.05, 0.1) is 0 Å². The molecule has 0 radical (unpaired) electrons. The van der Waals surface area contributed by atoms with Gasteiger partial charge in [-0.25, -0.2) is 0 Å². The second-order valence-electron chi connectivity index (χ2n) is 4.56. The Balaban J connectivity index is 1.78. The maximum atomic E-state index is 10.3. The van der Waals surface area contributed by atoms with Gasteiger partial charge < -0.3 is 5.32 Å². The van der Waals surface area contributed by atoms with Crippen molar-refractivity contribution >= 4 is 6.41 Å². The summed E-state index contributed by atoms with van der Waals surface area (Å²) in [6.45, 7) is 2.25. The zero-order valence-electron chi connectivity index (χ0n) is 8.74. The quantitative estimate of drug-likeness (QED) is 0.686. The summed E-state index contributed by atoms with van der Waals surface area (Å²) in [6, 6.07) is 1.22. The third-order valence-electron chi connectivity index (χ3n) is 3.61. The van der Waals surface area contributed by atoms with E-state index in [4.69, 9.17) is 0 Å². The molecule has 1 saturated heterocycles. The number of hydrogen-bond acceptors (Lipinski definition) is 2. The van der Waals surface area contributed by atoms with Gasteiger partial charge in [0, 0.05) is 25.2 Å². The van der Waals surface area contributed by atoms with Crippen LogP contribution in [-0.2, 0) is 4.79 Å². The van der Waals surface area contributed by atoms with Crippen LogP contribution in [0.25, 0.3) is 0 Å². The van der Waals surface area contributed by atoms with E-state index in [0.717, 1.165) is 25.4 Å². The van der Waals surface area contributed by atoms with Crippen LogP contribution in [0.3, 0.4) is 0 Å². The van der Waals surface area contributed by atoms with Crippen molar-refractivity contribution in [2.45, 2.75) is 50.6 Å². The van der Waals surface area contributed by atoms with Gasteiger partial charge in [-0.2, -0.15) is 0 Å². The first-order valence-electron chi connectivity index (χ1n) is 5.84. The summed E-state index contributed by atoms with van der Waals surface area (Å²) < 4.78 is 0. The van der Waals surface area contributed by atoms with Crippen LogP contribution in [0.4, 0.5) is 0 Å². The van der Waals surface area contributed by atoms with Crippen LogP contribution in [0, 0.1) is 0 Å². The Bertz CT molecular complexity index is 190. The van der Waals surface area contributed by atoms with E-state index in [1.54, 1.807) is 0 Å². The Kier molecular flexibility index (Phi) is 3.40. The Morgan fingerprint density at radius 2 is 1.93 bits per heavy atom. The van der Waals surface area contributed by atoms with Crippen LogP contribution >= 0.6 is 0 Å². The number of likely N-dealkylation sites (tertiary alicyclic amines) is 1. The molecule has 0 aromatic rings. The molecule has 14 heavy (non-hydrogen) atoms. The van der Waals surface area contributed by atoms with E-state index in [0.29, 0.717) is 6.04 Å². The minimum absolute atomic E-state index is 0.412. The maximum absolute atomic E-state index is 10.3. The number of hydrogen-bond donors (Lipinski definition) is 1. The highest BCUT2D eigenvalue weighted by molar-refractivity contribution is 5.46. The second kappa shape index (κ2) is 4.78. The van der Waals surface area contributed by atoms with Crippen molar-refractivity contribution in [3.05, 3.63) is 0 Å². The third-order valence-corrected chi connectivity index (χ3v) is 3.61. The summed E-state index contributed by atoms with van der Waals surface area (Å²) in [5.41, 5.74) is 0. The SMILES string of the molecule is O=CNC1CCN(C2CCCCC2)C1. The fraction of sp³-hybridized carbons (Fsp3) is 0.909. The number of rotatable bonds is 3. The van der Waals surface area contributed by atoms with E-state index in [9.17, 15) is 4.79 Å². The fourth-order valence-corrected chi connectivity index (χ4v) is 2.80. The minimum atomic E-state index is 0.412. The summed E-state index contributed by atoms with van der Waals surface area (Å²) in [7, 11) is 0.